The number of nitrogens with one attached hydrogen (secondary N) is 2. The van der Waals surface area contributed by atoms with Gasteiger partial charge in [0.15, 0.2) is 0 Å². The highest BCUT2D eigenvalue weighted by Gasteiger charge is 2.18. The lowest BCUT2D eigenvalue weighted by molar-refractivity contribution is 0.0941. The molecule has 3 nitrogen and oxygen atoms in total. The van der Waals surface area contributed by atoms with E-state index in [0.29, 0.717) is 6.04 Å². The first-order valence-corrected chi connectivity index (χ1v) is 7.03. The third kappa shape index (κ3) is 2.94. The molecule has 1 aromatic carbocycles. The summed E-state index contributed by atoms with van der Waals surface area (Å²) in [5.41, 5.74) is 2.91. The molecule has 1 aliphatic rings. The van der Waals surface area contributed by atoms with Gasteiger partial charge >= 0.3 is 0 Å². The van der Waals surface area contributed by atoms with Crippen molar-refractivity contribution >= 4 is 23.4 Å². The van der Waals surface area contributed by atoms with E-state index in [-0.39, 0.29) is 5.91 Å². The molecule has 0 radical (unpaired) electrons. The Balaban J connectivity index is 2.05. The van der Waals surface area contributed by atoms with Crippen LogP contribution in [0.2, 0.25) is 0 Å². The lowest BCUT2D eigenvalue weighted by Gasteiger charge is -2.12. The Hall–Kier alpha value is -1.16. The number of carbonyl (C=O) groups excluding carboxylic acids is 1. The SMILES string of the molecule is CNc1ccc(C(=O)NC2CCSC2)cc1C. The second-order valence-electron chi connectivity index (χ2n) is 4.31. The molecule has 4 heteroatoms. The van der Waals surface area contributed by atoms with Gasteiger partial charge in [0.25, 0.3) is 5.91 Å². The molecular formula is C13H18N2OS. The van der Waals surface area contributed by atoms with Crippen molar-refractivity contribution in [1.82, 2.24) is 5.32 Å². The number of anilines is 1. The molecule has 1 amide bonds. The molecule has 1 aliphatic heterocycles. The molecule has 1 heterocycles. The average molecular weight is 250 g/mol. The standard InChI is InChI=1S/C13H18N2OS/c1-9-7-10(3-4-12(9)14-2)13(16)15-11-5-6-17-8-11/h3-4,7,11,14H,5-6,8H2,1-2H3,(H,15,16). The molecule has 17 heavy (non-hydrogen) atoms. The van der Waals surface area contributed by atoms with Crippen molar-refractivity contribution in [1.29, 1.82) is 0 Å². The highest BCUT2D eigenvalue weighted by Crippen LogP contribution is 2.19. The van der Waals surface area contributed by atoms with E-state index in [1.807, 2.05) is 43.9 Å². The third-order valence-corrected chi connectivity index (χ3v) is 4.19. The lowest BCUT2D eigenvalue weighted by Crippen LogP contribution is -2.34. The van der Waals surface area contributed by atoms with Crippen LogP contribution in [-0.4, -0.2) is 30.5 Å². The van der Waals surface area contributed by atoms with E-state index >= 15 is 0 Å². The van der Waals surface area contributed by atoms with Crippen molar-refractivity contribution in [3.05, 3.63) is 29.3 Å². The third-order valence-electron chi connectivity index (χ3n) is 3.02. The van der Waals surface area contributed by atoms with E-state index in [1.165, 1.54) is 0 Å². The van der Waals surface area contributed by atoms with Crippen molar-refractivity contribution in [3.8, 4) is 0 Å². The Morgan fingerprint density at radius 1 is 1.47 bits per heavy atom. The molecule has 2 rings (SSSR count). The maximum atomic E-state index is 12.0. The number of hydrogen-bond acceptors (Lipinski definition) is 3. The summed E-state index contributed by atoms with van der Waals surface area (Å²) in [5, 5.41) is 6.18. The zero-order valence-electron chi connectivity index (χ0n) is 10.2. The van der Waals surface area contributed by atoms with Gasteiger partial charge in [-0.3, -0.25) is 4.79 Å². The first-order valence-electron chi connectivity index (χ1n) is 5.87. The van der Waals surface area contributed by atoms with Crippen molar-refractivity contribution < 1.29 is 4.79 Å². The normalized spacial score (nSPS) is 19.1. The van der Waals surface area contributed by atoms with Gasteiger partial charge in [-0.1, -0.05) is 0 Å². The second kappa shape index (κ2) is 5.45. The number of amides is 1. The smallest absolute Gasteiger partial charge is 0.251 e. The zero-order valence-corrected chi connectivity index (χ0v) is 11.1. The molecule has 0 aliphatic carbocycles. The van der Waals surface area contributed by atoms with E-state index < -0.39 is 0 Å². The van der Waals surface area contributed by atoms with Gasteiger partial charge in [-0.25, -0.2) is 0 Å². The highest BCUT2D eigenvalue weighted by atomic mass is 32.2. The monoisotopic (exact) mass is 250 g/mol. The first-order chi connectivity index (χ1) is 8.20. The maximum Gasteiger partial charge on any atom is 0.251 e. The number of carbonyl (C=O) groups is 1. The fourth-order valence-corrected chi connectivity index (χ4v) is 3.15. The Morgan fingerprint density at radius 2 is 2.29 bits per heavy atom. The number of hydrogen-bond donors (Lipinski definition) is 2. The summed E-state index contributed by atoms with van der Waals surface area (Å²) in [4.78, 5) is 12.0. The number of thioether (sulfide) groups is 1. The average Bonchev–Trinajstić information content (AvgIpc) is 2.81. The Bertz CT molecular complexity index is 414. The molecule has 1 atom stereocenters. The Labute approximate surface area is 106 Å². The van der Waals surface area contributed by atoms with Crippen LogP contribution in [0.3, 0.4) is 0 Å². The molecule has 92 valence electrons. The summed E-state index contributed by atoms with van der Waals surface area (Å²) < 4.78 is 0. The number of rotatable bonds is 3. The summed E-state index contributed by atoms with van der Waals surface area (Å²) in [6, 6.07) is 6.10. The largest absolute Gasteiger partial charge is 0.388 e. The summed E-state index contributed by atoms with van der Waals surface area (Å²) >= 11 is 1.90. The number of benzene rings is 1. The van der Waals surface area contributed by atoms with Crippen LogP contribution in [-0.2, 0) is 0 Å². The molecule has 1 aromatic rings. The summed E-state index contributed by atoms with van der Waals surface area (Å²) in [6.45, 7) is 2.01. The molecule has 1 saturated heterocycles. The van der Waals surface area contributed by atoms with E-state index in [2.05, 4.69) is 10.6 Å². The topological polar surface area (TPSA) is 41.1 Å². The fourth-order valence-electron chi connectivity index (χ4n) is 2.00. The quantitative estimate of drug-likeness (QED) is 0.864. The molecular weight excluding hydrogens is 232 g/mol. The maximum absolute atomic E-state index is 12.0. The van der Waals surface area contributed by atoms with Crippen molar-refractivity contribution in [3.63, 3.8) is 0 Å². The lowest BCUT2D eigenvalue weighted by atomic mass is 10.1. The highest BCUT2D eigenvalue weighted by molar-refractivity contribution is 7.99. The van der Waals surface area contributed by atoms with E-state index in [1.54, 1.807) is 0 Å². The molecule has 2 N–H and O–H groups in total. The van der Waals surface area contributed by atoms with Crippen molar-refractivity contribution in [2.45, 2.75) is 19.4 Å². The van der Waals surface area contributed by atoms with Crippen LogP contribution >= 0.6 is 11.8 Å². The first kappa shape index (κ1) is 12.3. The van der Waals surface area contributed by atoms with E-state index in [9.17, 15) is 4.79 Å². The Morgan fingerprint density at radius 3 is 2.88 bits per heavy atom. The fraction of sp³-hybridized carbons (Fsp3) is 0.462. The number of aryl methyl sites for hydroxylation is 1. The Kier molecular flexibility index (Phi) is 3.94. The minimum atomic E-state index is 0.0447. The molecule has 0 saturated carbocycles. The van der Waals surface area contributed by atoms with Gasteiger partial charge in [0.1, 0.15) is 0 Å². The van der Waals surface area contributed by atoms with Crippen LogP contribution in [0.25, 0.3) is 0 Å². The molecule has 0 aromatic heterocycles. The predicted molar refractivity (Wildman–Crippen MR) is 73.9 cm³/mol. The van der Waals surface area contributed by atoms with Crippen LogP contribution in [0.5, 0.6) is 0 Å². The van der Waals surface area contributed by atoms with Gasteiger partial charge in [0.05, 0.1) is 0 Å². The van der Waals surface area contributed by atoms with Crippen molar-refractivity contribution in [2.75, 3.05) is 23.9 Å². The van der Waals surface area contributed by atoms with Crippen LogP contribution in [0.4, 0.5) is 5.69 Å². The summed E-state index contributed by atoms with van der Waals surface area (Å²) in [6.07, 6.45) is 1.09. The van der Waals surface area contributed by atoms with Crippen LogP contribution in [0, 0.1) is 6.92 Å². The second-order valence-corrected chi connectivity index (χ2v) is 5.46. The van der Waals surface area contributed by atoms with Crippen LogP contribution < -0.4 is 10.6 Å². The van der Waals surface area contributed by atoms with Crippen LogP contribution in [0.1, 0.15) is 22.3 Å². The zero-order chi connectivity index (χ0) is 12.3. The summed E-state index contributed by atoms with van der Waals surface area (Å²) in [7, 11) is 1.89. The minimum absolute atomic E-state index is 0.0447. The molecule has 1 fully saturated rings. The van der Waals surface area contributed by atoms with Gasteiger partial charge in [-0.2, -0.15) is 11.8 Å². The van der Waals surface area contributed by atoms with Gasteiger partial charge < -0.3 is 10.6 Å². The van der Waals surface area contributed by atoms with Gasteiger partial charge in [0, 0.05) is 30.1 Å². The minimum Gasteiger partial charge on any atom is -0.388 e. The van der Waals surface area contributed by atoms with E-state index in [4.69, 9.17) is 0 Å². The molecule has 0 bridgehead atoms. The van der Waals surface area contributed by atoms with Gasteiger partial charge in [-0.15, -0.1) is 0 Å². The van der Waals surface area contributed by atoms with Gasteiger partial charge in [0.2, 0.25) is 0 Å². The predicted octanol–water partition coefficient (Wildman–Crippen LogP) is 2.27. The van der Waals surface area contributed by atoms with Crippen LogP contribution in [0.15, 0.2) is 18.2 Å². The van der Waals surface area contributed by atoms with Crippen molar-refractivity contribution in [2.24, 2.45) is 0 Å². The summed E-state index contributed by atoms with van der Waals surface area (Å²) in [5.74, 6) is 2.24. The molecule has 1 unspecified atom stereocenters. The van der Waals surface area contributed by atoms with E-state index in [0.717, 1.165) is 34.7 Å². The van der Waals surface area contributed by atoms with Gasteiger partial charge in [-0.05, 0) is 42.9 Å². The molecule has 0 spiro atoms.